The molecule has 0 unspecified atom stereocenters. The van der Waals surface area contributed by atoms with E-state index < -0.39 is 10.0 Å². The molecule has 0 saturated heterocycles. The molecule has 1 aromatic heterocycles. The van der Waals surface area contributed by atoms with E-state index in [1.54, 1.807) is 24.3 Å². The Bertz CT molecular complexity index is 766. The molecule has 0 aliphatic heterocycles. The van der Waals surface area contributed by atoms with Crippen LogP contribution in [0.15, 0.2) is 41.4 Å². The van der Waals surface area contributed by atoms with Gasteiger partial charge in [-0.25, -0.2) is 13.4 Å². The minimum atomic E-state index is -3.72. The summed E-state index contributed by atoms with van der Waals surface area (Å²) < 4.78 is 26.1. The summed E-state index contributed by atoms with van der Waals surface area (Å²) in [7, 11) is -2.26. The van der Waals surface area contributed by atoms with Crippen molar-refractivity contribution >= 4 is 39.0 Å². The van der Waals surface area contributed by atoms with Gasteiger partial charge in [0.1, 0.15) is 10.7 Å². The van der Waals surface area contributed by atoms with E-state index in [-0.39, 0.29) is 22.3 Å². The largest absolute Gasteiger partial charge is 0.382 e. The molecule has 2 aromatic rings. The first-order valence-electron chi connectivity index (χ1n) is 5.93. The van der Waals surface area contributed by atoms with E-state index in [0.29, 0.717) is 10.6 Å². The summed E-state index contributed by atoms with van der Waals surface area (Å²) in [6, 6.07) is 8.33. The Morgan fingerprint density at radius 1 is 1.24 bits per heavy atom. The third-order valence-electron chi connectivity index (χ3n) is 2.90. The zero-order chi connectivity index (χ0) is 15.6. The number of halogens is 2. The molecule has 0 aliphatic carbocycles. The second-order valence-electron chi connectivity index (χ2n) is 4.39. The number of nitrogens with zero attached hydrogens (tertiary/aromatic N) is 2. The maximum atomic E-state index is 12.5. The molecule has 0 aliphatic rings. The van der Waals surface area contributed by atoms with Gasteiger partial charge in [0.05, 0.1) is 5.02 Å². The highest BCUT2D eigenvalue weighted by molar-refractivity contribution is 7.89. The van der Waals surface area contributed by atoms with E-state index in [2.05, 4.69) is 4.98 Å². The lowest BCUT2D eigenvalue weighted by Crippen LogP contribution is -2.26. The second-order valence-corrected chi connectivity index (χ2v) is 7.25. The van der Waals surface area contributed by atoms with Crippen molar-refractivity contribution in [2.45, 2.75) is 11.4 Å². The standard InChI is InChI=1S/C13H13Cl2N3O2S/c1-18(8-9-4-2-3-5-11(9)14)21(19,20)10-6-12(15)13(16)17-7-10/h2-7H,8H2,1H3,(H2,16,17). The molecular weight excluding hydrogens is 333 g/mol. The maximum Gasteiger partial charge on any atom is 0.244 e. The molecule has 1 heterocycles. The molecule has 0 bridgehead atoms. The smallest absolute Gasteiger partial charge is 0.244 e. The Balaban J connectivity index is 2.30. The SMILES string of the molecule is CN(Cc1ccccc1Cl)S(=O)(=O)c1cnc(N)c(Cl)c1. The highest BCUT2D eigenvalue weighted by Gasteiger charge is 2.22. The lowest BCUT2D eigenvalue weighted by atomic mass is 10.2. The van der Waals surface area contributed by atoms with Crippen molar-refractivity contribution in [2.24, 2.45) is 0 Å². The zero-order valence-electron chi connectivity index (χ0n) is 11.1. The molecule has 112 valence electrons. The fourth-order valence-electron chi connectivity index (χ4n) is 1.70. The van der Waals surface area contributed by atoms with E-state index in [1.165, 1.54) is 23.6 Å². The quantitative estimate of drug-likeness (QED) is 0.924. The molecule has 1 aromatic carbocycles. The minimum absolute atomic E-state index is 0.0174. The van der Waals surface area contributed by atoms with E-state index in [0.717, 1.165) is 0 Å². The fourth-order valence-corrected chi connectivity index (χ4v) is 3.25. The molecule has 5 nitrogen and oxygen atoms in total. The van der Waals surface area contributed by atoms with Crippen LogP contribution < -0.4 is 5.73 Å². The Hall–Kier alpha value is -1.34. The first kappa shape index (κ1) is 16.0. The van der Waals surface area contributed by atoms with Gasteiger partial charge in [-0.2, -0.15) is 4.31 Å². The lowest BCUT2D eigenvalue weighted by Gasteiger charge is -2.18. The predicted molar refractivity (Wildman–Crippen MR) is 83.8 cm³/mol. The zero-order valence-corrected chi connectivity index (χ0v) is 13.5. The number of sulfonamides is 1. The van der Waals surface area contributed by atoms with Crippen LogP contribution in [0.3, 0.4) is 0 Å². The summed E-state index contributed by atoms with van der Waals surface area (Å²) in [6.07, 6.45) is 1.18. The number of nitrogen functional groups attached to an aromatic ring is 1. The molecule has 0 amide bonds. The highest BCUT2D eigenvalue weighted by atomic mass is 35.5. The number of aromatic nitrogens is 1. The van der Waals surface area contributed by atoms with Gasteiger partial charge in [-0.1, -0.05) is 41.4 Å². The molecule has 2 N–H and O–H groups in total. The molecular formula is C13H13Cl2N3O2S. The summed E-state index contributed by atoms with van der Waals surface area (Å²) in [5.74, 6) is 0.0874. The second kappa shape index (κ2) is 6.19. The lowest BCUT2D eigenvalue weighted by molar-refractivity contribution is 0.466. The van der Waals surface area contributed by atoms with Crippen LogP contribution in [0, 0.1) is 0 Å². The number of pyridine rings is 1. The number of benzene rings is 1. The Labute approximate surface area is 133 Å². The topological polar surface area (TPSA) is 76.3 Å². The fraction of sp³-hybridized carbons (Fsp3) is 0.154. The van der Waals surface area contributed by atoms with Gasteiger partial charge in [0.15, 0.2) is 0 Å². The normalized spacial score (nSPS) is 11.8. The van der Waals surface area contributed by atoms with Crippen LogP contribution in [-0.2, 0) is 16.6 Å². The molecule has 0 fully saturated rings. The Morgan fingerprint density at radius 3 is 2.52 bits per heavy atom. The van der Waals surface area contributed by atoms with Gasteiger partial charge in [-0.3, -0.25) is 0 Å². The molecule has 2 rings (SSSR count). The van der Waals surface area contributed by atoms with Crippen LogP contribution in [0.5, 0.6) is 0 Å². The number of hydrogen-bond acceptors (Lipinski definition) is 4. The highest BCUT2D eigenvalue weighted by Crippen LogP contribution is 2.24. The first-order valence-corrected chi connectivity index (χ1v) is 8.12. The number of nitrogens with two attached hydrogens (primary N) is 1. The van der Waals surface area contributed by atoms with Gasteiger partial charge in [0, 0.05) is 24.8 Å². The Kier molecular flexibility index (Phi) is 4.73. The van der Waals surface area contributed by atoms with Gasteiger partial charge in [-0.15, -0.1) is 0 Å². The number of rotatable bonds is 4. The van der Waals surface area contributed by atoms with E-state index >= 15 is 0 Å². The summed E-state index contributed by atoms with van der Waals surface area (Å²) in [5.41, 5.74) is 6.19. The number of anilines is 1. The molecule has 8 heteroatoms. The third kappa shape index (κ3) is 3.47. The van der Waals surface area contributed by atoms with Crippen molar-refractivity contribution in [1.82, 2.24) is 9.29 Å². The monoisotopic (exact) mass is 345 g/mol. The average molecular weight is 346 g/mol. The average Bonchev–Trinajstić information content (AvgIpc) is 2.44. The van der Waals surface area contributed by atoms with Crippen LogP contribution in [0.4, 0.5) is 5.82 Å². The van der Waals surface area contributed by atoms with Gasteiger partial charge in [0.2, 0.25) is 10.0 Å². The van der Waals surface area contributed by atoms with Gasteiger partial charge in [0.25, 0.3) is 0 Å². The van der Waals surface area contributed by atoms with Gasteiger partial charge >= 0.3 is 0 Å². The molecule has 21 heavy (non-hydrogen) atoms. The minimum Gasteiger partial charge on any atom is -0.382 e. The molecule has 0 atom stereocenters. The van der Waals surface area contributed by atoms with E-state index in [4.69, 9.17) is 28.9 Å². The number of hydrogen-bond donors (Lipinski definition) is 1. The van der Waals surface area contributed by atoms with Crippen molar-refractivity contribution in [3.8, 4) is 0 Å². The summed E-state index contributed by atoms with van der Waals surface area (Å²) in [4.78, 5) is 3.75. The summed E-state index contributed by atoms with van der Waals surface area (Å²) >= 11 is 11.9. The molecule has 0 spiro atoms. The molecule has 0 saturated carbocycles. The van der Waals surface area contributed by atoms with Crippen LogP contribution in [0.25, 0.3) is 0 Å². The van der Waals surface area contributed by atoms with Gasteiger partial charge in [-0.05, 0) is 17.7 Å². The maximum absolute atomic E-state index is 12.5. The van der Waals surface area contributed by atoms with Gasteiger partial charge < -0.3 is 5.73 Å². The van der Waals surface area contributed by atoms with Crippen molar-refractivity contribution in [3.63, 3.8) is 0 Å². The van der Waals surface area contributed by atoms with E-state index in [9.17, 15) is 8.42 Å². The molecule has 0 radical (unpaired) electrons. The van der Waals surface area contributed by atoms with Crippen LogP contribution in [-0.4, -0.2) is 24.8 Å². The van der Waals surface area contributed by atoms with Crippen molar-refractivity contribution in [2.75, 3.05) is 12.8 Å². The van der Waals surface area contributed by atoms with Crippen LogP contribution in [0.2, 0.25) is 10.0 Å². The van der Waals surface area contributed by atoms with Crippen LogP contribution >= 0.6 is 23.2 Å². The van der Waals surface area contributed by atoms with E-state index in [1.807, 2.05) is 0 Å². The van der Waals surface area contributed by atoms with Crippen molar-refractivity contribution in [1.29, 1.82) is 0 Å². The predicted octanol–water partition coefficient (Wildman–Crippen LogP) is 2.79. The van der Waals surface area contributed by atoms with Crippen molar-refractivity contribution < 1.29 is 8.42 Å². The first-order chi connectivity index (χ1) is 9.82. The van der Waals surface area contributed by atoms with Crippen LogP contribution in [0.1, 0.15) is 5.56 Å². The summed E-state index contributed by atoms with van der Waals surface area (Å²) in [6.45, 7) is 0.143. The summed E-state index contributed by atoms with van der Waals surface area (Å²) in [5, 5.41) is 0.607. The third-order valence-corrected chi connectivity index (χ3v) is 5.34. The Morgan fingerprint density at radius 2 is 1.90 bits per heavy atom. The van der Waals surface area contributed by atoms with Crippen molar-refractivity contribution in [3.05, 3.63) is 52.1 Å².